The lowest BCUT2D eigenvalue weighted by molar-refractivity contribution is 0.0751. The molecule has 3 heterocycles. The van der Waals surface area contributed by atoms with Crippen LogP contribution in [0.3, 0.4) is 0 Å². The van der Waals surface area contributed by atoms with Gasteiger partial charge in [0.2, 0.25) is 0 Å². The molecule has 3 aromatic heterocycles. The fraction of sp³-hybridized carbons (Fsp3) is 0.269. The molecular formula is C26H27FN6O. The van der Waals surface area contributed by atoms with Crippen LogP contribution in [0.5, 0.6) is 0 Å². The molecule has 0 radical (unpaired) electrons. The van der Waals surface area contributed by atoms with Gasteiger partial charge in [0.1, 0.15) is 5.82 Å². The molecule has 174 valence electrons. The fourth-order valence-corrected chi connectivity index (χ4v) is 3.88. The molecule has 0 saturated heterocycles. The molecule has 1 amide bonds. The second-order valence-corrected chi connectivity index (χ2v) is 8.39. The molecule has 1 aromatic carbocycles. The van der Waals surface area contributed by atoms with E-state index in [1.54, 1.807) is 46.5 Å². The first-order chi connectivity index (χ1) is 16.4. The molecular weight excluding hydrogens is 431 g/mol. The Morgan fingerprint density at radius 1 is 1.09 bits per heavy atom. The van der Waals surface area contributed by atoms with Gasteiger partial charge in [0.15, 0.2) is 0 Å². The summed E-state index contributed by atoms with van der Waals surface area (Å²) in [6, 6.07) is 9.99. The number of hydrogen-bond acceptors (Lipinski definition) is 5. The van der Waals surface area contributed by atoms with Crippen LogP contribution in [-0.2, 0) is 6.54 Å². The average Bonchev–Trinajstić information content (AvgIpc) is 3.29. The van der Waals surface area contributed by atoms with E-state index in [2.05, 4.69) is 15.1 Å². The van der Waals surface area contributed by atoms with E-state index < -0.39 is 0 Å². The first-order valence-corrected chi connectivity index (χ1v) is 11.2. The van der Waals surface area contributed by atoms with Crippen molar-refractivity contribution in [2.75, 3.05) is 6.54 Å². The van der Waals surface area contributed by atoms with E-state index in [0.29, 0.717) is 30.3 Å². The minimum absolute atomic E-state index is 0.000237. The minimum atomic E-state index is -0.305. The van der Waals surface area contributed by atoms with E-state index in [-0.39, 0.29) is 17.6 Å². The number of aryl methyl sites for hydroxylation is 1. The number of benzene rings is 1. The molecule has 0 spiro atoms. The standard InChI is InChI=1S/C26H27FN6O/c1-5-32(16-19-10-12-28-13-11-19)25(34)22-15-30-33(24(22)17(2)3)26-29-14-18(4)23(31-26)20-6-8-21(27)9-7-20/h6-15,17H,5,16H2,1-4H3. The monoisotopic (exact) mass is 458 g/mol. The highest BCUT2D eigenvalue weighted by Gasteiger charge is 2.25. The number of pyridine rings is 1. The zero-order valence-corrected chi connectivity index (χ0v) is 19.7. The summed E-state index contributed by atoms with van der Waals surface area (Å²) in [6.45, 7) is 8.92. The van der Waals surface area contributed by atoms with Gasteiger partial charge in [0.05, 0.1) is 23.1 Å². The van der Waals surface area contributed by atoms with Crippen molar-refractivity contribution in [3.8, 4) is 17.2 Å². The number of halogens is 1. The number of nitrogens with zero attached hydrogens (tertiary/aromatic N) is 6. The Morgan fingerprint density at radius 2 is 1.79 bits per heavy atom. The zero-order valence-electron chi connectivity index (χ0n) is 19.7. The Bertz CT molecular complexity index is 1280. The van der Waals surface area contributed by atoms with Gasteiger partial charge in [0.25, 0.3) is 11.9 Å². The van der Waals surface area contributed by atoms with Crippen molar-refractivity contribution in [1.82, 2.24) is 29.6 Å². The molecule has 0 aliphatic carbocycles. The molecule has 34 heavy (non-hydrogen) atoms. The number of hydrogen-bond donors (Lipinski definition) is 0. The van der Waals surface area contributed by atoms with Crippen molar-refractivity contribution in [1.29, 1.82) is 0 Å². The predicted molar refractivity (Wildman–Crippen MR) is 128 cm³/mol. The van der Waals surface area contributed by atoms with Gasteiger partial charge in [-0.2, -0.15) is 5.10 Å². The largest absolute Gasteiger partial charge is 0.334 e. The van der Waals surface area contributed by atoms with E-state index in [1.807, 2.05) is 39.8 Å². The highest BCUT2D eigenvalue weighted by Crippen LogP contribution is 2.26. The van der Waals surface area contributed by atoms with Gasteiger partial charge < -0.3 is 4.90 Å². The van der Waals surface area contributed by atoms with E-state index >= 15 is 0 Å². The van der Waals surface area contributed by atoms with Crippen LogP contribution in [-0.4, -0.2) is 42.1 Å². The lowest BCUT2D eigenvalue weighted by Gasteiger charge is -2.22. The molecule has 7 nitrogen and oxygen atoms in total. The summed E-state index contributed by atoms with van der Waals surface area (Å²) in [4.78, 5) is 28.5. The molecule has 0 bridgehead atoms. The fourth-order valence-electron chi connectivity index (χ4n) is 3.88. The molecule has 0 atom stereocenters. The molecule has 8 heteroatoms. The molecule has 0 unspecified atom stereocenters. The van der Waals surface area contributed by atoms with Crippen LogP contribution in [0.4, 0.5) is 4.39 Å². The van der Waals surface area contributed by atoms with Crippen LogP contribution in [0.1, 0.15) is 53.9 Å². The summed E-state index contributed by atoms with van der Waals surface area (Å²) in [5.74, 6) is -0.0366. The van der Waals surface area contributed by atoms with Crippen LogP contribution < -0.4 is 0 Å². The smallest absolute Gasteiger partial charge is 0.257 e. The van der Waals surface area contributed by atoms with Crippen molar-refractivity contribution in [2.24, 2.45) is 0 Å². The maximum absolute atomic E-state index is 13.5. The highest BCUT2D eigenvalue weighted by atomic mass is 19.1. The van der Waals surface area contributed by atoms with Gasteiger partial charge in [-0.25, -0.2) is 19.0 Å². The lowest BCUT2D eigenvalue weighted by Crippen LogP contribution is -2.31. The molecule has 0 aliphatic rings. The average molecular weight is 459 g/mol. The zero-order chi connectivity index (χ0) is 24.2. The van der Waals surface area contributed by atoms with E-state index in [9.17, 15) is 9.18 Å². The third kappa shape index (κ3) is 4.71. The molecule has 4 aromatic rings. The third-order valence-corrected chi connectivity index (χ3v) is 5.64. The summed E-state index contributed by atoms with van der Waals surface area (Å²) >= 11 is 0. The van der Waals surface area contributed by atoms with E-state index in [1.165, 1.54) is 12.1 Å². The highest BCUT2D eigenvalue weighted by molar-refractivity contribution is 5.95. The summed E-state index contributed by atoms with van der Waals surface area (Å²) in [5, 5.41) is 4.51. The number of carbonyl (C=O) groups is 1. The van der Waals surface area contributed by atoms with Crippen molar-refractivity contribution in [3.63, 3.8) is 0 Å². The van der Waals surface area contributed by atoms with Gasteiger partial charge in [-0.1, -0.05) is 13.8 Å². The molecule has 0 fully saturated rings. The van der Waals surface area contributed by atoms with Crippen LogP contribution >= 0.6 is 0 Å². The summed E-state index contributed by atoms with van der Waals surface area (Å²) in [5.41, 5.74) is 4.61. The van der Waals surface area contributed by atoms with Crippen molar-refractivity contribution >= 4 is 5.91 Å². The maximum atomic E-state index is 13.5. The first kappa shape index (κ1) is 23.2. The number of aromatic nitrogens is 5. The normalized spacial score (nSPS) is 11.1. The molecule has 0 aliphatic heterocycles. The second kappa shape index (κ2) is 9.91. The van der Waals surface area contributed by atoms with E-state index in [4.69, 9.17) is 4.98 Å². The Labute approximate surface area is 198 Å². The first-order valence-electron chi connectivity index (χ1n) is 11.2. The summed E-state index contributed by atoms with van der Waals surface area (Å²) < 4.78 is 15.0. The molecule has 4 rings (SSSR count). The second-order valence-electron chi connectivity index (χ2n) is 8.39. The van der Waals surface area contributed by atoms with Crippen LogP contribution in [0, 0.1) is 12.7 Å². The number of carbonyl (C=O) groups excluding carboxylic acids is 1. The Balaban J connectivity index is 1.72. The minimum Gasteiger partial charge on any atom is -0.334 e. The van der Waals surface area contributed by atoms with Gasteiger partial charge in [0, 0.05) is 37.2 Å². The van der Waals surface area contributed by atoms with E-state index in [0.717, 1.165) is 22.4 Å². The summed E-state index contributed by atoms with van der Waals surface area (Å²) in [6.07, 6.45) is 6.75. The van der Waals surface area contributed by atoms with Gasteiger partial charge in [-0.3, -0.25) is 9.78 Å². The Morgan fingerprint density at radius 3 is 2.44 bits per heavy atom. The SMILES string of the molecule is CCN(Cc1ccncc1)C(=O)c1cnn(-c2ncc(C)c(-c3ccc(F)cc3)n2)c1C(C)C. The summed E-state index contributed by atoms with van der Waals surface area (Å²) in [7, 11) is 0. The lowest BCUT2D eigenvalue weighted by atomic mass is 10.0. The Hall–Kier alpha value is -3.94. The van der Waals surface area contributed by atoms with Crippen molar-refractivity contribution in [3.05, 3.63) is 89.4 Å². The number of rotatable bonds is 7. The number of amides is 1. The third-order valence-electron chi connectivity index (χ3n) is 5.64. The van der Waals surface area contributed by atoms with Gasteiger partial charge >= 0.3 is 0 Å². The molecule has 0 saturated carbocycles. The van der Waals surface area contributed by atoms with Crippen molar-refractivity contribution in [2.45, 2.75) is 40.2 Å². The quantitative estimate of drug-likeness (QED) is 0.391. The van der Waals surface area contributed by atoms with Gasteiger partial charge in [-0.05, 0) is 67.3 Å². The molecule has 0 N–H and O–H groups in total. The topological polar surface area (TPSA) is 76.8 Å². The van der Waals surface area contributed by atoms with Crippen LogP contribution in [0.2, 0.25) is 0 Å². The maximum Gasteiger partial charge on any atom is 0.257 e. The van der Waals surface area contributed by atoms with Gasteiger partial charge in [-0.15, -0.1) is 0 Å². The Kier molecular flexibility index (Phi) is 6.77. The van der Waals surface area contributed by atoms with Crippen molar-refractivity contribution < 1.29 is 9.18 Å². The van der Waals surface area contributed by atoms with Crippen LogP contribution in [0.15, 0.2) is 61.2 Å². The van der Waals surface area contributed by atoms with Crippen LogP contribution in [0.25, 0.3) is 17.2 Å². The predicted octanol–water partition coefficient (Wildman–Crippen LogP) is 4.96.